The summed E-state index contributed by atoms with van der Waals surface area (Å²) in [5.41, 5.74) is -0.819. The number of rotatable bonds is 2. The molecule has 1 aliphatic carbocycles. The lowest BCUT2D eigenvalue weighted by atomic mass is 10.1. The van der Waals surface area contributed by atoms with Crippen molar-refractivity contribution in [3.05, 3.63) is 34.2 Å². The van der Waals surface area contributed by atoms with Gasteiger partial charge in [0, 0.05) is 12.7 Å². The number of pyridine rings is 1. The molecule has 0 bridgehead atoms. The average molecular weight is 374 g/mol. The fourth-order valence-electron chi connectivity index (χ4n) is 3.03. The Balaban J connectivity index is 1.84. The second-order valence-corrected chi connectivity index (χ2v) is 6.72. The van der Waals surface area contributed by atoms with E-state index in [2.05, 4.69) is 4.98 Å². The maximum atomic E-state index is 13.5. The van der Waals surface area contributed by atoms with Crippen LogP contribution in [0, 0.1) is 0 Å². The fraction of sp³-hybridized carbons (Fsp3) is 0.500. The molecule has 3 heterocycles. The molecule has 2 aromatic rings. The molecule has 9 heteroatoms. The van der Waals surface area contributed by atoms with Crippen LogP contribution in [-0.4, -0.2) is 40.1 Å². The molecule has 25 heavy (non-hydrogen) atoms. The number of carbonyl (C=O) groups excluding carboxylic acids is 1. The third kappa shape index (κ3) is 2.97. The van der Waals surface area contributed by atoms with Crippen molar-refractivity contribution in [1.29, 1.82) is 0 Å². The van der Waals surface area contributed by atoms with Gasteiger partial charge in [-0.15, -0.1) is 0 Å². The van der Waals surface area contributed by atoms with Gasteiger partial charge in [-0.25, -0.2) is 4.98 Å². The van der Waals surface area contributed by atoms with Gasteiger partial charge in [0.1, 0.15) is 11.9 Å². The molecule has 2 aliphatic rings. The van der Waals surface area contributed by atoms with Gasteiger partial charge in [0.15, 0.2) is 11.3 Å². The molecule has 2 aromatic heterocycles. The Morgan fingerprint density at radius 1 is 1.36 bits per heavy atom. The monoisotopic (exact) mass is 373 g/mol. The number of hydrogen-bond donors (Lipinski definition) is 0. The molecule has 0 unspecified atom stereocenters. The van der Waals surface area contributed by atoms with Gasteiger partial charge < -0.3 is 9.64 Å². The lowest BCUT2D eigenvalue weighted by Gasteiger charge is -2.25. The Morgan fingerprint density at radius 2 is 2.12 bits per heavy atom. The van der Waals surface area contributed by atoms with Gasteiger partial charge in [-0.05, 0) is 36.8 Å². The van der Waals surface area contributed by atoms with E-state index in [4.69, 9.17) is 16.3 Å². The van der Waals surface area contributed by atoms with Crippen molar-refractivity contribution in [2.45, 2.75) is 31.4 Å². The standard InChI is InChI=1S/C16H15ClF3N3O2/c17-13-12(15(24)22-4-1-5-25-8-22)21-14-11(16(18,19)20)6-10(7-23(13)14)9-2-3-9/h6-7,9H,1-5,8H2. The summed E-state index contributed by atoms with van der Waals surface area (Å²) in [6.45, 7) is 1.09. The number of nitrogens with zero attached hydrogens (tertiary/aromatic N) is 3. The zero-order valence-corrected chi connectivity index (χ0v) is 13.9. The van der Waals surface area contributed by atoms with Gasteiger partial charge in [-0.3, -0.25) is 9.20 Å². The van der Waals surface area contributed by atoms with Crippen LogP contribution in [0.25, 0.3) is 5.65 Å². The minimum Gasteiger partial charge on any atom is -0.361 e. The first-order valence-electron chi connectivity index (χ1n) is 8.02. The van der Waals surface area contributed by atoms with Gasteiger partial charge >= 0.3 is 6.18 Å². The number of fused-ring (bicyclic) bond motifs is 1. The number of alkyl halides is 3. The summed E-state index contributed by atoms with van der Waals surface area (Å²) in [7, 11) is 0. The Hall–Kier alpha value is -1.80. The molecule has 1 aliphatic heterocycles. The Morgan fingerprint density at radius 3 is 2.72 bits per heavy atom. The summed E-state index contributed by atoms with van der Waals surface area (Å²) < 4.78 is 46.8. The van der Waals surface area contributed by atoms with Gasteiger partial charge in [0.05, 0.1) is 12.2 Å². The van der Waals surface area contributed by atoms with E-state index >= 15 is 0 Å². The summed E-state index contributed by atoms with van der Waals surface area (Å²) in [4.78, 5) is 17.9. The molecule has 2 fully saturated rings. The predicted octanol–water partition coefficient (Wildman–Crippen LogP) is 3.70. The van der Waals surface area contributed by atoms with E-state index in [1.54, 1.807) is 6.20 Å². The summed E-state index contributed by atoms with van der Waals surface area (Å²) >= 11 is 6.24. The van der Waals surface area contributed by atoms with Gasteiger partial charge in [-0.2, -0.15) is 13.2 Å². The molecule has 1 saturated heterocycles. The van der Waals surface area contributed by atoms with Crippen molar-refractivity contribution in [3.63, 3.8) is 0 Å². The molecule has 134 valence electrons. The largest absolute Gasteiger partial charge is 0.419 e. The second-order valence-electron chi connectivity index (χ2n) is 6.36. The number of halogens is 4. The van der Waals surface area contributed by atoms with E-state index in [1.807, 2.05) is 0 Å². The van der Waals surface area contributed by atoms with Crippen LogP contribution in [0.1, 0.15) is 46.8 Å². The topological polar surface area (TPSA) is 46.8 Å². The molecule has 1 amide bonds. The summed E-state index contributed by atoms with van der Waals surface area (Å²) in [6.07, 6.45) is -0.648. The molecule has 0 spiro atoms. The molecule has 0 radical (unpaired) electrons. The van der Waals surface area contributed by atoms with Crippen molar-refractivity contribution in [2.24, 2.45) is 0 Å². The van der Waals surface area contributed by atoms with Gasteiger partial charge in [0.2, 0.25) is 0 Å². The van der Waals surface area contributed by atoms with Crippen LogP contribution >= 0.6 is 11.6 Å². The molecule has 1 saturated carbocycles. The molecule has 0 atom stereocenters. The summed E-state index contributed by atoms with van der Waals surface area (Å²) in [6, 6.07) is 1.12. The fourth-order valence-corrected chi connectivity index (χ4v) is 3.28. The van der Waals surface area contributed by atoms with Crippen molar-refractivity contribution in [3.8, 4) is 0 Å². The van der Waals surface area contributed by atoms with Crippen molar-refractivity contribution >= 4 is 23.2 Å². The molecule has 0 aromatic carbocycles. The lowest BCUT2D eigenvalue weighted by molar-refractivity contribution is -0.136. The smallest absolute Gasteiger partial charge is 0.361 e. The number of hydrogen-bond acceptors (Lipinski definition) is 3. The molecular formula is C16H15ClF3N3O2. The van der Waals surface area contributed by atoms with Crippen LogP contribution in [0.4, 0.5) is 13.2 Å². The first-order valence-corrected chi connectivity index (χ1v) is 8.40. The Labute approximate surface area is 146 Å². The molecular weight excluding hydrogens is 359 g/mol. The van der Waals surface area contributed by atoms with Crippen LogP contribution in [0.3, 0.4) is 0 Å². The van der Waals surface area contributed by atoms with Gasteiger partial charge in [-0.1, -0.05) is 11.6 Å². The zero-order chi connectivity index (χ0) is 17.8. The maximum absolute atomic E-state index is 13.5. The quantitative estimate of drug-likeness (QED) is 0.806. The van der Waals surface area contributed by atoms with Crippen molar-refractivity contribution in [1.82, 2.24) is 14.3 Å². The number of aromatic nitrogens is 2. The highest BCUT2D eigenvalue weighted by Gasteiger charge is 2.38. The molecule has 0 N–H and O–H groups in total. The normalized spacial score (nSPS) is 18.8. The Kier molecular flexibility index (Phi) is 3.92. The number of amides is 1. The third-order valence-electron chi connectivity index (χ3n) is 4.49. The van der Waals surface area contributed by atoms with Crippen molar-refractivity contribution in [2.75, 3.05) is 19.9 Å². The number of ether oxygens (including phenoxy) is 1. The average Bonchev–Trinajstić information content (AvgIpc) is 3.38. The zero-order valence-electron chi connectivity index (χ0n) is 13.1. The number of imidazole rings is 1. The van der Waals surface area contributed by atoms with E-state index < -0.39 is 17.6 Å². The minimum absolute atomic E-state index is 0.0858. The third-order valence-corrected chi connectivity index (χ3v) is 4.85. The molecule has 5 nitrogen and oxygen atoms in total. The van der Waals surface area contributed by atoms with Crippen LogP contribution < -0.4 is 0 Å². The highest BCUT2D eigenvalue weighted by molar-refractivity contribution is 6.33. The first kappa shape index (κ1) is 16.7. The first-order chi connectivity index (χ1) is 11.9. The van der Waals surface area contributed by atoms with E-state index in [9.17, 15) is 18.0 Å². The number of carbonyl (C=O) groups is 1. The van der Waals surface area contributed by atoms with Crippen LogP contribution in [0.5, 0.6) is 0 Å². The van der Waals surface area contributed by atoms with E-state index in [1.165, 1.54) is 9.30 Å². The summed E-state index contributed by atoms with van der Waals surface area (Å²) in [5.74, 6) is -0.409. The Bertz CT molecular complexity index is 839. The van der Waals surface area contributed by atoms with Crippen molar-refractivity contribution < 1.29 is 22.7 Å². The highest BCUT2D eigenvalue weighted by atomic mass is 35.5. The molecule has 4 rings (SSSR count). The van der Waals surface area contributed by atoms with Crippen LogP contribution in [0.2, 0.25) is 5.15 Å². The predicted molar refractivity (Wildman–Crippen MR) is 83.7 cm³/mol. The van der Waals surface area contributed by atoms with Crippen LogP contribution in [-0.2, 0) is 10.9 Å². The highest BCUT2D eigenvalue weighted by Crippen LogP contribution is 2.43. The minimum atomic E-state index is -4.57. The van der Waals surface area contributed by atoms with E-state index in [0.29, 0.717) is 25.1 Å². The maximum Gasteiger partial charge on any atom is 0.419 e. The van der Waals surface area contributed by atoms with Gasteiger partial charge in [0.25, 0.3) is 5.91 Å². The second kappa shape index (κ2) is 5.88. The lowest BCUT2D eigenvalue weighted by Crippen LogP contribution is -2.38. The van der Waals surface area contributed by atoms with Crippen LogP contribution in [0.15, 0.2) is 12.3 Å². The van der Waals surface area contributed by atoms with E-state index in [0.717, 1.165) is 18.9 Å². The SMILES string of the molecule is O=C(c1nc2c(C(F)(F)F)cc(C3CC3)cn2c1Cl)N1CCCOC1. The van der Waals surface area contributed by atoms with E-state index in [-0.39, 0.29) is 29.1 Å². The summed E-state index contributed by atoms with van der Waals surface area (Å²) in [5, 5.41) is -0.0985.